The zero-order valence-corrected chi connectivity index (χ0v) is 18.0. The van der Waals surface area contributed by atoms with Crippen LogP contribution in [0.1, 0.15) is 59.4 Å². The molecule has 3 heteroatoms. The average molecular weight is 370 g/mol. The van der Waals surface area contributed by atoms with Crippen LogP contribution in [0.25, 0.3) is 0 Å². The van der Waals surface area contributed by atoms with E-state index >= 15 is 0 Å². The van der Waals surface area contributed by atoms with Gasteiger partial charge in [-0.2, -0.15) is 0 Å². The minimum Gasteiger partial charge on any atom is -0.380 e. The second-order valence-corrected chi connectivity index (χ2v) is 6.37. The first-order chi connectivity index (χ1) is 13.1. The van der Waals surface area contributed by atoms with E-state index in [0.717, 1.165) is 28.8 Å². The standard InChI is InChI=1S/C20H23NO2.2C2H6/c1-14(2)16-7-9-18(10-8-16)21-12-17-6-4-5-15(13-23-3)11-19(17)20(21)22;2*1-2/h5-11,14H,4,12-13H2,1-3H3;2*1-2H3. The number of anilines is 1. The molecule has 1 fully saturated rings. The van der Waals surface area contributed by atoms with Gasteiger partial charge in [0, 0.05) is 18.4 Å². The molecule has 1 aromatic rings. The number of carbonyl (C=O) groups is 1. The third-order valence-corrected chi connectivity index (χ3v) is 4.41. The Morgan fingerprint density at radius 2 is 1.67 bits per heavy atom. The van der Waals surface area contributed by atoms with E-state index < -0.39 is 0 Å². The lowest BCUT2D eigenvalue weighted by Crippen LogP contribution is -2.24. The van der Waals surface area contributed by atoms with Crippen LogP contribution < -0.4 is 4.90 Å². The minimum absolute atomic E-state index is 0.0810. The van der Waals surface area contributed by atoms with Gasteiger partial charge in [0.1, 0.15) is 0 Å². The number of nitrogens with zero attached hydrogens (tertiary/aromatic N) is 1. The molecule has 148 valence electrons. The van der Waals surface area contributed by atoms with Gasteiger partial charge < -0.3 is 9.64 Å². The van der Waals surface area contributed by atoms with Crippen LogP contribution in [0.4, 0.5) is 5.69 Å². The summed E-state index contributed by atoms with van der Waals surface area (Å²) < 4.78 is 5.21. The number of hydrogen-bond donors (Lipinski definition) is 0. The zero-order chi connectivity index (χ0) is 20.4. The molecule has 0 bridgehead atoms. The van der Waals surface area contributed by atoms with Crippen molar-refractivity contribution >= 4 is 11.6 Å². The smallest absolute Gasteiger partial charge is 0.258 e. The first kappa shape index (κ1) is 22.9. The fourth-order valence-corrected chi connectivity index (χ4v) is 3.05. The Labute approximate surface area is 165 Å². The Kier molecular flexibility index (Phi) is 9.81. The Bertz CT molecular complexity index is 694. The van der Waals surface area contributed by atoms with E-state index in [-0.39, 0.29) is 5.91 Å². The van der Waals surface area contributed by atoms with Crippen LogP contribution in [0.2, 0.25) is 0 Å². The monoisotopic (exact) mass is 369 g/mol. The number of hydrogen-bond acceptors (Lipinski definition) is 2. The summed E-state index contributed by atoms with van der Waals surface area (Å²) in [7, 11) is 1.68. The summed E-state index contributed by atoms with van der Waals surface area (Å²) in [6.07, 6.45) is 7.10. The molecule has 1 aliphatic heterocycles. The van der Waals surface area contributed by atoms with Gasteiger partial charge >= 0.3 is 0 Å². The number of benzene rings is 1. The number of rotatable bonds is 4. The van der Waals surface area contributed by atoms with Crippen LogP contribution in [0.3, 0.4) is 0 Å². The van der Waals surface area contributed by atoms with Crippen LogP contribution in [-0.4, -0.2) is 26.2 Å². The molecule has 0 radical (unpaired) electrons. The predicted molar refractivity (Wildman–Crippen MR) is 116 cm³/mol. The van der Waals surface area contributed by atoms with Crippen molar-refractivity contribution in [3.05, 3.63) is 64.8 Å². The number of fused-ring (bicyclic) bond motifs is 1. The lowest BCUT2D eigenvalue weighted by Gasteiger charge is -2.16. The summed E-state index contributed by atoms with van der Waals surface area (Å²) in [6, 6.07) is 8.32. The summed E-state index contributed by atoms with van der Waals surface area (Å²) in [6.45, 7) is 13.5. The fourth-order valence-electron chi connectivity index (χ4n) is 3.05. The lowest BCUT2D eigenvalue weighted by molar-refractivity contribution is -0.114. The molecular formula is C24H35NO2. The van der Waals surface area contributed by atoms with Crippen molar-refractivity contribution in [2.75, 3.05) is 25.2 Å². The second-order valence-electron chi connectivity index (χ2n) is 6.37. The summed E-state index contributed by atoms with van der Waals surface area (Å²) in [5.74, 6) is 0.578. The summed E-state index contributed by atoms with van der Waals surface area (Å²) in [4.78, 5) is 14.7. The highest BCUT2D eigenvalue weighted by Gasteiger charge is 2.31. The van der Waals surface area contributed by atoms with Crippen LogP contribution in [0.15, 0.2) is 59.2 Å². The van der Waals surface area contributed by atoms with Crippen molar-refractivity contribution in [2.45, 2.75) is 53.9 Å². The Hall–Kier alpha value is -2.13. The van der Waals surface area contributed by atoms with Gasteiger partial charge in [0.15, 0.2) is 0 Å². The molecule has 0 unspecified atom stereocenters. The number of allylic oxidation sites excluding steroid dienone is 2. The SMILES string of the molecule is CC.CC.COCC1=CCC=C2CN(c3ccc(C(C)C)cc3)C(=O)C2=C1. The normalized spacial score (nSPS) is 15.5. The molecule has 3 nitrogen and oxygen atoms in total. The molecule has 0 aromatic heterocycles. The van der Waals surface area contributed by atoms with Gasteiger partial charge in [0.2, 0.25) is 0 Å². The molecule has 0 N–H and O–H groups in total. The van der Waals surface area contributed by atoms with E-state index in [1.165, 1.54) is 5.56 Å². The molecule has 27 heavy (non-hydrogen) atoms. The van der Waals surface area contributed by atoms with Crippen LogP contribution in [0.5, 0.6) is 0 Å². The molecule has 0 spiro atoms. The van der Waals surface area contributed by atoms with Crippen molar-refractivity contribution in [3.63, 3.8) is 0 Å². The van der Waals surface area contributed by atoms with Crippen LogP contribution in [-0.2, 0) is 9.53 Å². The maximum atomic E-state index is 12.8. The molecule has 1 amide bonds. The average Bonchev–Trinajstić information content (AvgIpc) is 2.88. The highest BCUT2D eigenvalue weighted by atomic mass is 16.5. The Morgan fingerprint density at radius 3 is 2.22 bits per heavy atom. The van der Waals surface area contributed by atoms with Gasteiger partial charge in [-0.3, -0.25) is 4.79 Å². The quantitative estimate of drug-likeness (QED) is 0.647. The zero-order valence-electron chi connectivity index (χ0n) is 18.0. The van der Waals surface area contributed by atoms with Crippen molar-refractivity contribution in [3.8, 4) is 0 Å². The number of ether oxygens (including phenoxy) is 1. The molecule has 1 aromatic carbocycles. The molecular weight excluding hydrogens is 334 g/mol. The van der Waals surface area contributed by atoms with Gasteiger partial charge in [-0.25, -0.2) is 0 Å². The van der Waals surface area contributed by atoms with Crippen LogP contribution in [0, 0.1) is 0 Å². The molecule has 0 atom stereocenters. The predicted octanol–water partition coefficient (Wildman–Crippen LogP) is 6.04. The van der Waals surface area contributed by atoms with Crippen molar-refractivity contribution in [2.24, 2.45) is 0 Å². The van der Waals surface area contributed by atoms with Crippen LogP contribution >= 0.6 is 0 Å². The molecule has 0 saturated carbocycles. The fraction of sp³-hybridized carbons (Fsp3) is 0.458. The first-order valence-electron chi connectivity index (χ1n) is 10.1. The Morgan fingerprint density at radius 1 is 1.04 bits per heavy atom. The van der Waals surface area contributed by atoms with Crippen molar-refractivity contribution < 1.29 is 9.53 Å². The van der Waals surface area contributed by atoms with Gasteiger partial charge in [-0.05, 0) is 47.3 Å². The van der Waals surface area contributed by atoms with Crippen molar-refractivity contribution in [1.29, 1.82) is 0 Å². The second kappa shape index (κ2) is 11.6. The van der Waals surface area contributed by atoms with E-state index in [4.69, 9.17) is 4.74 Å². The molecule has 1 aliphatic carbocycles. The van der Waals surface area contributed by atoms with Crippen molar-refractivity contribution in [1.82, 2.24) is 0 Å². The topological polar surface area (TPSA) is 29.5 Å². The van der Waals surface area contributed by atoms with E-state index in [9.17, 15) is 4.79 Å². The lowest BCUT2D eigenvalue weighted by atomic mass is 10.0. The largest absolute Gasteiger partial charge is 0.380 e. The van der Waals surface area contributed by atoms with Gasteiger partial charge in [0.05, 0.1) is 13.2 Å². The number of methoxy groups -OCH3 is 1. The molecule has 3 rings (SSSR count). The van der Waals surface area contributed by atoms with E-state index in [2.05, 4.69) is 38.1 Å². The third kappa shape index (κ3) is 5.67. The van der Waals surface area contributed by atoms with E-state index in [0.29, 0.717) is 19.1 Å². The minimum atomic E-state index is 0.0810. The maximum absolute atomic E-state index is 12.8. The Balaban J connectivity index is 0.000000855. The molecule has 1 heterocycles. The third-order valence-electron chi connectivity index (χ3n) is 4.41. The highest BCUT2D eigenvalue weighted by Crippen LogP contribution is 2.32. The molecule has 2 aliphatic rings. The van der Waals surface area contributed by atoms with Gasteiger partial charge in [-0.1, -0.05) is 65.8 Å². The highest BCUT2D eigenvalue weighted by molar-refractivity contribution is 6.13. The van der Waals surface area contributed by atoms with Gasteiger partial charge in [-0.15, -0.1) is 0 Å². The summed E-state index contributed by atoms with van der Waals surface area (Å²) >= 11 is 0. The summed E-state index contributed by atoms with van der Waals surface area (Å²) in [5, 5.41) is 0. The van der Waals surface area contributed by atoms with E-state index in [1.54, 1.807) is 7.11 Å². The van der Waals surface area contributed by atoms with E-state index in [1.807, 2.05) is 50.8 Å². The first-order valence-corrected chi connectivity index (χ1v) is 10.1. The maximum Gasteiger partial charge on any atom is 0.258 e. The summed E-state index contributed by atoms with van der Waals surface area (Å²) in [5.41, 5.74) is 5.24. The van der Waals surface area contributed by atoms with Gasteiger partial charge in [0.25, 0.3) is 5.91 Å². The molecule has 1 saturated heterocycles. The number of carbonyl (C=O) groups excluding carboxylic acids is 1. The number of amides is 1.